The average Bonchev–Trinajstić information content (AvgIpc) is 3.46. The first-order valence-electron chi connectivity index (χ1n) is 13.9. The maximum absolute atomic E-state index is 13.5. The quantitative estimate of drug-likeness (QED) is 0.214. The molecule has 0 spiro atoms. The fourth-order valence-electron chi connectivity index (χ4n) is 5.31. The van der Waals surface area contributed by atoms with Gasteiger partial charge in [0.2, 0.25) is 0 Å². The summed E-state index contributed by atoms with van der Waals surface area (Å²) in [4.78, 5) is 30.3. The number of likely N-dealkylation sites (tertiary alicyclic amines) is 1. The highest BCUT2D eigenvalue weighted by Crippen LogP contribution is 2.43. The number of ketones is 1. The molecule has 2 aliphatic heterocycles. The van der Waals surface area contributed by atoms with E-state index in [1.54, 1.807) is 24.3 Å². The Morgan fingerprint density at radius 2 is 1.80 bits per heavy atom. The predicted molar refractivity (Wildman–Crippen MR) is 156 cm³/mol. The van der Waals surface area contributed by atoms with Crippen LogP contribution in [0.15, 0.2) is 72.3 Å². The summed E-state index contributed by atoms with van der Waals surface area (Å²) in [7, 11) is 3.82. The molecule has 1 fully saturated rings. The molecule has 8 nitrogen and oxygen atoms in total. The van der Waals surface area contributed by atoms with Crippen molar-refractivity contribution >= 4 is 17.4 Å². The minimum absolute atomic E-state index is 0.0404. The normalized spacial score (nSPS) is 19.4. The Labute approximate surface area is 240 Å². The minimum Gasteiger partial charge on any atom is -0.507 e. The number of hydrogen-bond donors (Lipinski definition) is 1. The molecule has 0 unspecified atom stereocenters. The van der Waals surface area contributed by atoms with Crippen molar-refractivity contribution in [2.24, 2.45) is 0 Å². The molecule has 1 N–H and O–H groups in total. The summed E-state index contributed by atoms with van der Waals surface area (Å²) in [6, 6.07) is 19.8. The summed E-state index contributed by atoms with van der Waals surface area (Å²) in [6.45, 7) is 5.50. The highest BCUT2D eigenvalue weighted by Gasteiger charge is 2.46. The number of benzene rings is 3. The number of hydrogen-bond acceptors (Lipinski definition) is 7. The van der Waals surface area contributed by atoms with E-state index in [1.807, 2.05) is 75.3 Å². The Balaban J connectivity index is 1.56. The molecule has 2 atom stereocenters. The molecule has 0 saturated carbocycles. The predicted octanol–water partition coefficient (Wildman–Crippen LogP) is 4.97. The summed E-state index contributed by atoms with van der Waals surface area (Å²) in [5.74, 6) is 0.271. The van der Waals surface area contributed by atoms with Gasteiger partial charge in [-0.2, -0.15) is 0 Å². The van der Waals surface area contributed by atoms with Gasteiger partial charge in [0.05, 0.1) is 18.2 Å². The van der Waals surface area contributed by atoms with Crippen LogP contribution in [0.1, 0.15) is 42.1 Å². The Hall–Kier alpha value is -4.30. The van der Waals surface area contributed by atoms with Crippen molar-refractivity contribution in [2.45, 2.75) is 39.0 Å². The molecule has 3 aromatic carbocycles. The molecule has 0 radical (unpaired) electrons. The molecule has 1 saturated heterocycles. The Bertz CT molecular complexity index is 1470. The fourth-order valence-corrected chi connectivity index (χ4v) is 5.31. The van der Waals surface area contributed by atoms with Gasteiger partial charge in [0.1, 0.15) is 24.2 Å². The number of amides is 1. The van der Waals surface area contributed by atoms with Crippen LogP contribution in [0.2, 0.25) is 0 Å². The zero-order valence-electron chi connectivity index (χ0n) is 23.9. The van der Waals surface area contributed by atoms with Gasteiger partial charge < -0.3 is 29.1 Å². The summed E-state index contributed by atoms with van der Waals surface area (Å²) in [5, 5.41) is 11.5. The van der Waals surface area contributed by atoms with Gasteiger partial charge in [-0.05, 0) is 75.0 Å². The number of Topliss-reactive ketones (excluding diaryl/α,β-unsaturated/α-hetero) is 1. The minimum atomic E-state index is -0.791. The van der Waals surface area contributed by atoms with Crippen LogP contribution < -0.4 is 14.2 Å². The zero-order valence-corrected chi connectivity index (χ0v) is 23.9. The lowest BCUT2D eigenvalue weighted by molar-refractivity contribution is -0.140. The van der Waals surface area contributed by atoms with Gasteiger partial charge in [-0.25, -0.2) is 0 Å². The van der Waals surface area contributed by atoms with E-state index < -0.39 is 17.7 Å². The van der Waals surface area contributed by atoms with Crippen LogP contribution in [-0.4, -0.2) is 66.5 Å². The molecule has 0 aliphatic carbocycles. The molecular weight excluding hydrogens is 520 g/mol. The van der Waals surface area contributed by atoms with Crippen molar-refractivity contribution in [3.05, 3.63) is 94.6 Å². The third kappa shape index (κ3) is 5.93. The van der Waals surface area contributed by atoms with E-state index in [1.165, 1.54) is 4.90 Å². The lowest BCUT2D eigenvalue weighted by Crippen LogP contribution is -2.35. The molecule has 214 valence electrons. The highest BCUT2D eigenvalue weighted by molar-refractivity contribution is 6.46. The van der Waals surface area contributed by atoms with Crippen LogP contribution in [0.25, 0.3) is 5.76 Å². The van der Waals surface area contributed by atoms with Crippen molar-refractivity contribution in [2.75, 3.05) is 33.8 Å². The molecule has 5 rings (SSSR count). The number of carbonyl (C=O) groups is 2. The summed E-state index contributed by atoms with van der Waals surface area (Å²) >= 11 is 0. The maximum atomic E-state index is 13.5. The molecule has 0 aromatic heterocycles. The van der Waals surface area contributed by atoms with Crippen LogP contribution in [0, 0.1) is 0 Å². The Morgan fingerprint density at radius 1 is 1.02 bits per heavy atom. The van der Waals surface area contributed by atoms with Crippen molar-refractivity contribution in [1.82, 2.24) is 9.80 Å². The maximum Gasteiger partial charge on any atom is 0.295 e. The first-order chi connectivity index (χ1) is 19.8. The van der Waals surface area contributed by atoms with Crippen molar-refractivity contribution in [3.63, 3.8) is 0 Å². The van der Waals surface area contributed by atoms with E-state index in [2.05, 4.69) is 0 Å². The summed E-state index contributed by atoms with van der Waals surface area (Å²) < 4.78 is 17.8. The van der Waals surface area contributed by atoms with E-state index in [-0.39, 0.29) is 17.4 Å². The molecule has 2 aliphatic rings. The van der Waals surface area contributed by atoms with E-state index >= 15 is 0 Å². The standard InChI is InChI=1S/C33H36N2O6/c1-5-39-28-19-23(11-14-27(28)40-20-22-9-7-6-8-10-22)30-29(32(37)33(38)35(30)16-15-34(3)4)31(36)24-12-13-26-25(18-24)17-21(2)41-26/h6-14,18-19,21,30,36H,5,15-17,20H2,1-4H3/t21-,30-/m0/s1. The summed E-state index contributed by atoms with van der Waals surface area (Å²) in [6.07, 6.45) is 0.748. The van der Waals surface area contributed by atoms with Gasteiger partial charge in [-0.1, -0.05) is 36.4 Å². The number of rotatable bonds is 10. The third-order valence-electron chi connectivity index (χ3n) is 7.32. The van der Waals surface area contributed by atoms with Crippen LogP contribution in [0.3, 0.4) is 0 Å². The van der Waals surface area contributed by atoms with Crippen LogP contribution >= 0.6 is 0 Å². The molecule has 41 heavy (non-hydrogen) atoms. The number of aliphatic hydroxyl groups excluding tert-OH is 1. The smallest absolute Gasteiger partial charge is 0.295 e. The second kappa shape index (κ2) is 12.1. The Morgan fingerprint density at radius 3 is 2.54 bits per heavy atom. The van der Waals surface area contributed by atoms with Gasteiger partial charge in [-0.15, -0.1) is 0 Å². The lowest BCUT2D eigenvalue weighted by Gasteiger charge is -2.27. The van der Waals surface area contributed by atoms with Gasteiger partial charge in [0, 0.05) is 25.1 Å². The second-order valence-electron chi connectivity index (χ2n) is 10.7. The van der Waals surface area contributed by atoms with Crippen LogP contribution in [0.4, 0.5) is 0 Å². The lowest BCUT2D eigenvalue weighted by atomic mass is 9.94. The van der Waals surface area contributed by atoms with E-state index in [0.29, 0.717) is 55.4 Å². The van der Waals surface area contributed by atoms with E-state index in [0.717, 1.165) is 16.9 Å². The molecular formula is C33H36N2O6. The number of aliphatic hydroxyl groups is 1. The SMILES string of the molecule is CCOc1cc([C@H]2C(=C(O)c3ccc4c(c3)C[C@H](C)O4)C(=O)C(=O)N2CCN(C)C)ccc1OCc1ccccc1. The first kappa shape index (κ1) is 28.2. The third-order valence-corrected chi connectivity index (χ3v) is 7.32. The van der Waals surface area contributed by atoms with Crippen molar-refractivity contribution in [3.8, 4) is 17.2 Å². The van der Waals surface area contributed by atoms with Crippen LogP contribution in [-0.2, 0) is 22.6 Å². The van der Waals surface area contributed by atoms with E-state index in [9.17, 15) is 14.7 Å². The molecule has 1 amide bonds. The van der Waals surface area contributed by atoms with Crippen LogP contribution in [0.5, 0.6) is 17.2 Å². The summed E-state index contributed by atoms with van der Waals surface area (Å²) in [5.41, 5.74) is 3.16. The largest absolute Gasteiger partial charge is 0.507 e. The average molecular weight is 557 g/mol. The highest BCUT2D eigenvalue weighted by atomic mass is 16.5. The topological polar surface area (TPSA) is 88.5 Å². The molecule has 0 bridgehead atoms. The van der Waals surface area contributed by atoms with Crippen molar-refractivity contribution in [1.29, 1.82) is 0 Å². The fraction of sp³-hybridized carbons (Fsp3) is 0.333. The van der Waals surface area contributed by atoms with Gasteiger partial charge in [0.15, 0.2) is 11.5 Å². The molecule has 8 heteroatoms. The van der Waals surface area contributed by atoms with E-state index in [4.69, 9.17) is 14.2 Å². The Kier molecular flexibility index (Phi) is 8.31. The number of fused-ring (bicyclic) bond motifs is 1. The molecule has 2 heterocycles. The van der Waals surface area contributed by atoms with Gasteiger partial charge >= 0.3 is 0 Å². The number of likely N-dealkylation sites (N-methyl/N-ethyl adjacent to an activating group) is 1. The number of ether oxygens (including phenoxy) is 3. The monoisotopic (exact) mass is 556 g/mol. The second-order valence-corrected chi connectivity index (χ2v) is 10.7. The number of nitrogens with zero attached hydrogens (tertiary/aromatic N) is 2. The first-order valence-corrected chi connectivity index (χ1v) is 13.9. The number of carbonyl (C=O) groups excluding carboxylic acids is 2. The molecule has 3 aromatic rings. The van der Waals surface area contributed by atoms with Crippen molar-refractivity contribution < 1.29 is 28.9 Å². The zero-order chi connectivity index (χ0) is 29.1. The van der Waals surface area contributed by atoms with Gasteiger partial charge in [-0.3, -0.25) is 9.59 Å². The van der Waals surface area contributed by atoms with Gasteiger partial charge in [0.25, 0.3) is 11.7 Å².